The van der Waals surface area contributed by atoms with Gasteiger partial charge in [-0.1, -0.05) is 73.8 Å². The standard InChI is InChI=1S/C28H38O5Si2/c1-7-27(29)31-19-25(23-15-11-9-12-16-23)21-34(3,4)33-35(5,6)22-26(20-32-28(30)8-2)24-17-13-10-14-18-24/h7-18,25-26H,1-2,19-22H2,3-6H3. The van der Waals surface area contributed by atoms with E-state index < -0.39 is 28.6 Å². The predicted molar refractivity (Wildman–Crippen MR) is 146 cm³/mol. The molecule has 2 aromatic rings. The molecular formula is C28H38O5Si2. The van der Waals surface area contributed by atoms with E-state index in [-0.39, 0.29) is 11.8 Å². The topological polar surface area (TPSA) is 61.8 Å². The summed E-state index contributed by atoms with van der Waals surface area (Å²) >= 11 is 0. The molecule has 5 nitrogen and oxygen atoms in total. The quantitative estimate of drug-likeness (QED) is 0.166. The van der Waals surface area contributed by atoms with Crippen molar-refractivity contribution in [3.63, 3.8) is 0 Å². The third kappa shape index (κ3) is 10.2. The molecular weight excluding hydrogens is 472 g/mol. The van der Waals surface area contributed by atoms with Crippen molar-refractivity contribution in [1.82, 2.24) is 0 Å². The number of carbonyl (C=O) groups excluding carboxylic acids is 2. The van der Waals surface area contributed by atoms with Gasteiger partial charge in [0, 0.05) is 24.0 Å². The highest BCUT2D eigenvalue weighted by atomic mass is 28.4. The molecule has 0 bridgehead atoms. The smallest absolute Gasteiger partial charge is 0.330 e. The van der Waals surface area contributed by atoms with Crippen molar-refractivity contribution in [2.75, 3.05) is 13.2 Å². The van der Waals surface area contributed by atoms with Gasteiger partial charge in [0.1, 0.15) is 0 Å². The minimum atomic E-state index is -2.17. The fraction of sp³-hybridized carbons (Fsp3) is 0.357. The van der Waals surface area contributed by atoms with Gasteiger partial charge < -0.3 is 13.6 Å². The Morgan fingerprint density at radius 2 is 1.06 bits per heavy atom. The number of hydrogen-bond donors (Lipinski definition) is 0. The molecule has 188 valence electrons. The Labute approximate surface area is 212 Å². The van der Waals surface area contributed by atoms with Crippen LogP contribution in [-0.4, -0.2) is 41.8 Å². The van der Waals surface area contributed by atoms with Crippen LogP contribution in [-0.2, 0) is 23.2 Å². The van der Waals surface area contributed by atoms with Crippen molar-refractivity contribution in [2.24, 2.45) is 0 Å². The molecule has 0 saturated carbocycles. The van der Waals surface area contributed by atoms with E-state index in [2.05, 4.69) is 63.6 Å². The summed E-state index contributed by atoms with van der Waals surface area (Å²) in [5, 5.41) is 0. The van der Waals surface area contributed by atoms with Gasteiger partial charge in [0.2, 0.25) is 0 Å². The van der Waals surface area contributed by atoms with Gasteiger partial charge in [-0.15, -0.1) is 0 Å². The third-order valence-corrected chi connectivity index (χ3v) is 13.1. The van der Waals surface area contributed by atoms with Crippen LogP contribution in [0.25, 0.3) is 0 Å². The molecule has 0 aliphatic carbocycles. The van der Waals surface area contributed by atoms with Crippen LogP contribution in [0.5, 0.6) is 0 Å². The largest absolute Gasteiger partial charge is 0.462 e. The summed E-state index contributed by atoms with van der Waals surface area (Å²) < 4.78 is 17.8. The van der Waals surface area contributed by atoms with Crippen molar-refractivity contribution >= 4 is 28.6 Å². The fourth-order valence-electron chi connectivity index (χ4n) is 4.50. The van der Waals surface area contributed by atoms with E-state index in [1.54, 1.807) is 0 Å². The second-order valence-electron chi connectivity index (χ2n) is 9.91. The van der Waals surface area contributed by atoms with E-state index in [1.165, 1.54) is 12.2 Å². The Bertz CT molecular complexity index is 894. The average Bonchev–Trinajstić information content (AvgIpc) is 2.84. The normalized spacial score (nSPS) is 13.4. The van der Waals surface area contributed by atoms with Gasteiger partial charge in [0.25, 0.3) is 0 Å². The number of benzene rings is 2. The van der Waals surface area contributed by atoms with E-state index in [9.17, 15) is 9.59 Å². The van der Waals surface area contributed by atoms with Gasteiger partial charge in [-0.3, -0.25) is 0 Å². The molecule has 0 fully saturated rings. The lowest BCUT2D eigenvalue weighted by atomic mass is 10.0. The zero-order valence-corrected chi connectivity index (χ0v) is 23.4. The van der Waals surface area contributed by atoms with Crippen molar-refractivity contribution in [3.05, 3.63) is 97.1 Å². The summed E-state index contributed by atoms with van der Waals surface area (Å²) in [5.41, 5.74) is 2.26. The van der Waals surface area contributed by atoms with Crippen LogP contribution in [0.15, 0.2) is 86.0 Å². The Balaban J connectivity index is 2.16. The number of esters is 2. The van der Waals surface area contributed by atoms with E-state index in [0.29, 0.717) is 13.2 Å². The first kappa shape index (κ1) is 28.5. The molecule has 35 heavy (non-hydrogen) atoms. The van der Waals surface area contributed by atoms with E-state index >= 15 is 0 Å². The van der Waals surface area contributed by atoms with E-state index in [4.69, 9.17) is 13.6 Å². The molecule has 0 aromatic heterocycles. The summed E-state index contributed by atoms with van der Waals surface area (Å²) in [5.74, 6) is -0.739. The first-order chi connectivity index (χ1) is 16.5. The Morgan fingerprint density at radius 3 is 1.37 bits per heavy atom. The first-order valence-electron chi connectivity index (χ1n) is 11.9. The fourth-order valence-corrected chi connectivity index (χ4v) is 14.2. The molecule has 0 N–H and O–H groups in total. The second-order valence-corrected chi connectivity index (χ2v) is 18.6. The van der Waals surface area contributed by atoms with Gasteiger partial charge in [-0.25, -0.2) is 9.59 Å². The molecule has 2 rings (SSSR count). The average molecular weight is 511 g/mol. The van der Waals surface area contributed by atoms with Crippen molar-refractivity contribution in [1.29, 1.82) is 0 Å². The highest BCUT2D eigenvalue weighted by molar-refractivity contribution is 6.85. The summed E-state index contributed by atoms with van der Waals surface area (Å²) in [6.45, 7) is 16.5. The van der Waals surface area contributed by atoms with Gasteiger partial charge in [0.15, 0.2) is 16.6 Å². The van der Waals surface area contributed by atoms with Crippen LogP contribution < -0.4 is 0 Å². The zero-order chi connectivity index (χ0) is 25.9. The number of carbonyl (C=O) groups is 2. The van der Waals surface area contributed by atoms with Gasteiger partial charge in [-0.2, -0.15) is 0 Å². The summed E-state index contributed by atoms with van der Waals surface area (Å²) in [7, 11) is -4.33. The molecule has 0 radical (unpaired) electrons. The lowest BCUT2D eigenvalue weighted by Gasteiger charge is -2.38. The highest BCUT2D eigenvalue weighted by Crippen LogP contribution is 2.34. The minimum absolute atomic E-state index is 0.0463. The summed E-state index contributed by atoms with van der Waals surface area (Å²) in [6, 6.07) is 21.9. The SMILES string of the molecule is C=CC(=O)OCC(C[Si](C)(C)O[Si](C)(C)CC(COC(=O)C=C)c1ccccc1)c1ccccc1. The molecule has 7 heteroatoms. The van der Waals surface area contributed by atoms with Crippen molar-refractivity contribution in [2.45, 2.75) is 50.1 Å². The van der Waals surface area contributed by atoms with Crippen LogP contribution in [0.1, 0.15) is 23.0 Å². The Hall–Kier alpha value is -2.75. The maximum absolute atomic E-state index is 11.7. The molecule has 0 aliphatic rings. The number of ether oxygens (including phenoxy) is 2. The van der Waals surface area contributed by atoms with Crippen molar-refractivity contribution < 1.29 is 23.2 Å². The molecule has 0 saturated heterocycles. The molecule has 2 unspecified atom stereocenters. The van der Waals surface area contributed by atoms with Crippen LogP contribution in [0.4, 0.5) is 0 Å². The van der Waals surface area contributed by atoms with Crippen molar-refractivity contribution in [3.8, 4) is 0 Å². The molecule has 0 aliphatic heterocycles. The summed E-state index contributed by atoms with van der Waals surface area (Å²) in [4.78, 5) is 23.5. The highest BCUT2D eigenvalue weighted by Gasteiger charge is 2.37. The molecule has 2 aromatic carbocycles. The van der Waals surface area contributed by atoms with Crippen LogP contribution >= 0.6 is 0 Å². The molecule has 0 spiro atoms. The number of rotatable bonds is 14. The molecule has 0 heterocycles. The number of hydrogen-bond acceptors (Lipinski definition) is 5. The monoisotopic (exact) mass is 510 g/mol. The van der Waals surface area contributed by atoms with Crippen LogP contribution in [0.2, 0.25) is 38.3 Å². The third-order valence-electron chi connectivity index (χ3n) is 5.76. The molecule has 0 amide bonds. The van der Waals surface area contributed by atoms with Crippen LogP contribution in [0.3, 0.4) is 0 Å². The van der Waals surface area contributed by atoms with Crippen LogP contribution in [0, 0.1) is 0 Å². The Kier molecular flexibility index (Phi) is 10.9. The minimum Gasteiger partial charge on any atom is -0.462 e. The van der Waals surface area contributed by atoms with Gasteiger partial charge in [-0.05, 0) is 49.4 Å². The maximum atomic E-state index is 11.7. The predicted octanol–water partition coefficient (Wildman–Crippen LogP) is 6.44. The van der Waals surface area contributed by atoms with Gasteiger partial charge >= 0.3 is 11.9 Å². The first-order valence-corrected chi connectivity index (χ1v) is 18.2. The maximum Gasteiger partial charge on any atom is 0.330 e. The Morgan fingerprint density at radius 1 is 0.714 bits per heavy atom. The zero-order valence-electron chi connectivity index (χ0n) is 21.4. The second kappa shape index (κ2) is 13.4. The molecule has 2 atom stereocenters. The van der Waals surface area contributed by atoms with Gasteiger partial charge in [0.05, 0.1) is 13.2 Å². The summed E-state index contributed by atoms with van der Waals surface area (Å²) in [6.07, 6.45) is 2.39. The van der Waals surface area contributed by atoms with E-state index in [0.717, 1.165) is 23.2 Å². The lowest BCUT2D eigenvalue weighted by Crippen LogP contribution is -2.46. The van der Waals surface area contributed by atoms with E-state index in [1.807, 2.05) is 36.4 Å². The lowest BCUT2D eigenvalue weighted by molar-refractivity contribution is -0.139.